The molecule has 1 saturated carbocycles. The number of hydrogen-bond donors (Lipinski definition) is 1. The van der Waals surface area contributed by atoms with Crippen LogP contribution < -0.4 is 0 Å². The number of carbonyl (C=O) groups excluding carboxylic acids is 1. The third-order valence-electron chi connectivity index (χ3n) is 5.36. The molecule has 3 aliphatic rings. The van der Waals surface area contributed by atoms with Crippen LogP contribution in [0.1, 0.15) is 19.3 Å². The molecule has 3 rings (SSSR count). The molecule has 4 atom stereocenters. The number of carboxylic acid groups (broad SMARTS) is 1. The van der Waals surface area contributed by atoms with Gasteiger partial charge < -0.3 is 14.7 Å². The average Bonchev–Trinajstić information content (AvgIpc) is 3.08. The molecule has 1 heterocycles. The van der Waals surface area contributed by atoms with Crippen LogP contribution in [0.2, 0.25) is 0 Å². The Kier molecular flexibility index (Phi) is 4.02. The Morgan fingerprint density at radius 1 is 1.19 bits per heavy atom. The van der Waals surface area contributed by atoms with Crippen molar-refractivity contribution in [3.63, 3.8) is 0 Å². The van der Waals surface area contributed by atoms with Gasteiger partial charge >= 0.3 is 5.97 Å². The molecule has 5 nitrogen and oxygen atoms in total. The minimum Gasteiger partial charge on any atom is -0.481 e. The van der Waals surface area contributed by atoms with Crippen LogP contribution in [0.15, 0.2) is 12.2 Å². The molecule has 2 bridgehead atoms. The Morgan fingerprint density at radius 2 is 1.81 bits per heavy atom. The van der Waals surface area contributed by atoms with E-state index in [2.05, 4.69) is 0 Å². The van der Waals surface area contributed by atoms with Crippen molar-refractivity contribution in [1.82, 2.24) is 4.90 Å². The number of hydrogen-bond acceptors (Lipinski definition) is 3. The van der Waals surface area contributed by atoms with Gasteiger partial charge in [0.2, 0.25) is 5.91 Å². The lowest BCUT2D eigenvalue weighted by Gasteiger charge is -2.35. The Morgan fingerprint density at radius 3 is 2.38 bits per heavy atom. The summed E-state index contributed by atoms with van der Waals surface area (Å²) in [6, 6.07) is 0. The molecule has 0 aromatic carbocycles. The molecule has 1 N–H and O–H groups in total. The summed E-state index contributed by atoms with van der Waals surface area (Å²) >= 11 is 0. The van der Waals surface area contributed by atoms with Gasteiger partial charge in [-0.25, -0.2) is 0 Å². The fourth-order valence-electron chi connectivity index (χ4n) is 4.26. The fraction of sp³-hybridized carbons (Fsp3) is 0.750. The maximum Gasteiger partial charge on any atom is 0.307 e. The first-order valence-corrected chi connectivity index (χ1v) is 7.80. The van der Waals surface area contributed by atoms with Crippen LogP contribution >= 0.6 is 0 Å². The zero-order valence-electron chi connectivity index (χ0n) is 12.4. The molecule has 4 unspecified atom stereocenters. The number of allylic oxidation sites excluding steroid dienone is 2. The van der Waals surface area contributed by atoms with Gasteiger partial charge in [0.15, 0.2) is 0 Å². The topological polar surface area (TPSA) is 66.8 Å². The Labute approximate surface area is 124 Å². The number of amides is 1. The third-order valence-corrected chi connectivity index (χ3v) is 5.36. The highest BCUT2D eigenvalue weighted by molar-refractivity contribution is 5.87. The lowest BCUT2D eigenvalue weighted by atomic mass is 9.81. The zero-order valence-corrected chi connectivity index (χ0v) is 12.4. The van der Waals surface area contributed by atoms with E-state index in [0.717, 1.165) is 39.0 Å². The Hall–Kier alpha value is -1.36. The minimum atomic E-state index is -0.820. The lowest BCUT2D eigenvalue weighted by Crippen LogP contribution is -2.46. The molecular weight excluding hydrogens is 270 g/mol. The Bertz CT molecular complexity index is 453. The number of rotatable bonds is 4. The normalized spacial score (nSPS) is 35.4. The van der Waals surface area contributed by atoms with Crippen LogP contribution in [0.5, 0.6) is 0 Å². The maximum atomic E-state index is 12.8. The molecule has 5 heteroatoms. The summed E-state index contributed by atoms with van der Waals surface area (Å²) in [5.41, 5.74) is 0. The van der Waals surface area contributed by atoms with E-state index in [4.69, 9.17) is 4.74 Å². The summed E-state index contributed by atoms with van der Waals surface area (Å²) < 4.78 is 5.18. The van der Waals surface area contributed by atoms with Gasteiger partial charge in [0.25, 0.3) is 0 Å². The number of fused-ring (bicyclic) bond motifs is 2. The summed E-state index contributed by atoms with van der Waals surface area (Å²) in [5, 5.41) is 9.44. The summed E-state index contributed by atoms with van der Waals surface area (Å²) in [5.74, 6) is -0.947. The molecule has 116 valence electrons. The maximum absolute atomic E-state index is 12.8. The first kappa shape index (κ1) is 14.6. The number of carboxylic acids is 1. The van der Waals surface area contributed by atoms with E-state index in [1.165, 1.54) is 0 Å². The fourth-order valence-corrected chi connectivity index (χ4v) is 4.26. The lowest BCUT2D eigenvalue weighted by molar-refractivity contribution is -0.151. The van der Waals surface area contributed by atoms with Gasteiger partial charge in [-0.3, -0.25) is 9.59 Å². The average molecular weight is 293 g/mol. The number of ether oxygens (including phenoxy) is 1. The van der Waals surface area contributed by atoms with E-state index in [1.54, 1.807) is 7.11 Å². The van der Waals surface area contributed by atoms with Gasteiger partial charge in [-0.1, -0.05) is 12.2 Å². The van der Waals surface area contributed by atoms with Crippen LogP contribution in [0, 0.1) is 29.6 Å². The molecule has 0 aromatic heterocycles. The first-order chi connectivity index (χ1) is 10.1. The van der Waals surface area contributed by atoms with Crippen LogP contribution in [0.25, 0.3) is 0 Å². The molecule has 21 heavy (non-hydrogen) atoms. The van der Waals surface area contributed by atoms with Crippen LogP contribution in [-0.4, -0.2) is 48.7 Å². The van der Waals surface area contributed by atoms with E-state index in [0.29, 0.717) is 5.92 Å². The number of nitrogens with zero attached hydrogens (tertiary/aromatic N) is 1. The van der Waals surface area contributed by atoms with Gasteiger partial charge in [-0.2, -0.15) is 0 Å². The van der Waals surface area contributed by atoms with Crippen LogP contribution in [0.4, 0.5) is 0 Å². The monoisotopic (exact) mass is 293 g/mol. The quantitative estimate of drug-likeness (QED) is 0.796. The van der Waals surface area contributed by atoms with Crippen LogP contribution in [0.3, 0.4) is 0 Å². The standard InChI is InChI=1S/C16H23NO4/c1-21-9-10-4-6-17(7-5-10)15(18)13-11-2-3-12(8-11)14(13)16(19)20/h2-3,10-14H,4-9H2,1H3,(H,19,20). The van der Waals surface area contributed by atoms with Crippen molar-refractivity contribution in [3.05, 3.63) is 12.2 Å². The summed E-state index contributed by atoms with van der Waals surface area (Å²) in [4.78, 5) is 26.1. The Balaban J connectivity index is 1.66. The van der Waals surface area contributed by atoms with Crippen LogP contribution in [-0.2, 0) is 14.3 Å². The molecule has 1 aliphatic heterocycles. The number of aliphatic carboxylic acids is 1. The van der Waals surface area contributed by atoms with E-state index >= 15 is 0 Å². The van der Waals surface area contributed by atoms with Crippen molar-refractivity contribution in [1.29, 1.82) is 0 Å². The molecule has 2 fully saturated rings. The first-order valence-electron chi connectivity index (χ1n) is 7.80. The predicted molar refractivity (Wildman–Crippen MR) is 76.5 cm³/mol. The number of carbonyl (C=O) groups is 2. The third kappa shape index (κ3) is 2.59. The highest BCUT2D eigenvalue weighted by Gasteiger charge is 2.52. The number of methoxy groups -OCH3 is 1. The van der Waals surface area contributed by atoms with Gasteiger partial charge in [0, 0.05) is 26.8 Å². The number of likely N-dealkylation sites (tertiary alicyclic amines) is 1. The molecule has 0 aromatic rings. The molecule has 0 radical (unpaired) electrons. The molecule has 1 amide bonds. The van der Waals surface area contributed by atoms with E-state index in [9.17, 15) is 14.7 Å². The second-order valence-electron chi connectivity index (χ2n) is 6.56. The second-order valence-corrected chi connectivity index (χ2v) is 6.56. The van der Waals surface area contributed by atoms with E-state index in [1.807, 2.05) is 17.1 Å². The summed E-state index contributed by atoms with van der Waals surface area (Å²) in [7, 11) is 1.70. The second kappa shape index (κ2) is 5.79. The summed E-state index contributed by atoms with van der Waals surface area (Å²) in [6.45, 7) is 2.21. The van der Waals surface area contributed by atoms with Crippen molar-refractivity contribution >= 4 is 11.9 Å². The van der Waals surface area contributed by atoms with Crippen molar-refractivity contribution < 1.29 is 19.4 Å². The molecule has 0 spiro atoms. The molecule has 1 saturated heterocycles. The molecule has 2 aliphatic carbocycles. The minimum absolute atomic E-state index is 0.0486. The smallest absolute Gasteiger partial charge is 0.307 e. The van der Waals surface area contributed by atoms with Gasteiger partial charge in [0.1, 0.15) is 0 Å². The van der Waals surface area contributed by atoms with Crippen molar-refractivity contribution in [3.8, 4) is 0 Å². The summed E-state index contributed by atoms with van der Waals surface area (Å²) in [6.07, 6.45) is 6.76. The molecular formula is C16H23NO4. The van der Waals surface area contributed by atoms with Crippen molar-refractivity contribution in [2.75, 3.05) is 26.8 Å². The van der Waals surface area contributed by atoms with Gasteiger partial charge in [0.05, 0.1) is 11.8 Å². The van der Waals surface area contributed by atoms with E-state index < -0.39 is 11.9 Å². The van der Waals surface area contributed by atoms with E-state index in [-0.39, 0.29) is 23.7 Å². The highest BCUT2D eigenvalue weighted by atomic mass is 16.5. The largest absolute Gasteiger partial charge is 0.481 e. The van der Waals surface area contributed by atoms with Crippen molar-refractivity contribution in [2.45, 2.75) is 19.3 Å². The van der Waals surface area contributed by atoms with Gasteiger partial charge in [-0.15, -0.1) is 0 Å². The highest BCUT2D eigenvalue weighted by Crippen LogP contribution is 2.49. The number of piperidine rings is 1. The zero-order chi connectivity index (χ0) is 15.0. The predicted octanol–water partition coefficient (Wildman–Crippen LogP) is 1.39. The van der Waals surface area contributed by atoms with Gasteiger partial charge in [-0.05, 0) is 37.0 Å². The SMILES string of the molecule is COCC1CCN(C(=O)C2C3C=CC(C3)C2C(=O)O)CC1. The van der Waals surface area contributed by atoms with Crippen molar-refractivity contribution in [2.24, 2.45) is 29.6 Å².